The summed E-state index contributed by atoms with van der Waals surface area (Å²) in [6.07, 6.45) is 6.81. The summed E-state index contributed by atoms with van der Waals surface area (Å²) >= 11 is 0. The molecule has 2 amide bonds. The van der Waals surface area contributed by atoms with Crippen LogP contribution in [-0.4, -0.2) is 68.1 Å². The lowest BCUT2D eigenvalue weighted by atomic mass is 10.2. The molecule has 10 nitrogen and oxygen atoms in total. The van der Waals surface area contributed by atoms with Crippen LogP contribution >= 0.6 is 0 Å². The summed E-state index contributed by atoms with van der Waals surface area (Å²) in [6, 6.07) is 11.5. The standard InChI is InChI=1S/C23H26N8O2/c32-23(26-15-19-2-1-6-25-22(19)31-17-24-16-27-31)28-20-3-4-21-18(14-20)5-7-30(21)9-8-29-10-12-33-13-11-29/h1-7,14,16-17H,8-13,15H2,(H2,26,28,32). The number of rotatable bonds is 7. The maximum atomic E-state index is 12.5. The minimum Gasteiger partial charge on any atom is -0.379 e. The number of anilines is 1. The minimum absolute atomic E-state index is 0.283. The number of aromatic nitrogens is 5. The topological polar surface area (TPSA) is 102 Å². The summed E-state index contributed by atoms with van der Waals surface area (Å²) in [5, 5.41) is 11.0. The molecule has 0 unspecified atom stereocenters. The summed E-state index contributed by atoms with van der Waals surface area (Å²) in [5.74, 6) is 0.634. The molecule has 1 aliphatic heterocycles. The van der Waals surface area contributed by atoms with E-state index < -0.39 is 0 Å². The summed E-state index contributed by atoms with van der Waals surface area (Å²) in [6.45, 7) is 5.84. The molecule has 4 heterocycles. The summed E-state index contributed by atoms with van der Waals surface area (Å²) in [5.41, 5.74) is 2.74. The number of hydrogen-bond acceptors (Lipinski definition) is 6. The van der Waals surface area contributed by atoms with Crippen LogP contribution < -0.4 is 10.6 Å². The Kier molecular flexibility index (Phi) is 6.27. The van der Waals surface area contributed by atoms with Gasteiger partial charge in [-0.1, -0.05) is 6.07 Å². The van der Waals surface area contributed by atoms with Gasteiger partial charge in [0, 0.05) is 67.3 Å². The second kappa shape index (κ2) is 9.80. The Morgan fingerprint density at radius 3 is 2.88 bits per heavy atom. The summed E-state index contributed by atoms with van der Waals surface area (Å²) in [7, 11) is 0. The fourth-order valence-electron chi connectivity index (χ4n) is 3.99. The average Bonchev–Trinajstić information content (AvgIpc) is 3.52. The van der Waals surface area contributed by atoms with Crippen LogP contribution in [0.4, 0.5) is 10.5 Å². The molecule has 0 aliphatic carbocycles. The zero-order chi connectivity index (χ0) is 22.5. The number of amides is 2. The van der Waals surface area contributed by atoms with Crippen molar-refractivity contribution in [2.45, 2.75) is 13.1 Å². The minimum atomic E-state index is -0.283. The number of nitrogens with one attached hydrogen (secondary N) is 2. The van der Waals surface area contributed by atoms with Crippen molar-refractivity contribution in [3.63, 3.8) is 0 Å². The van der Waals surface area contributed by atoms with E-state index in [1.807, 2.05) is 30.3 Å². The molecule has 1 aromatic carbocycles. The van der Waals surface area contributed by atoms with E-state index in [-0.39, 0.29) is 6.03 Å². The van der Waals surface area contributed by atoms with E-state index in [4.69, 9.17) is 4.74 Å². The van der Waals surface area contributed by atoms with Gasteiger partial charge >= 0.3 is 6.03 Å². The van der Waals surface area contributed by atoms with Crippen molar-refractivity contribution in [2.75, 3.05) is 38.2 Å². The van der Waals surface area contributed by atoms with Crippen molar-refractivity contribution in [1.29, 1.82) is 0 Å². The molecule has 4 aromatic rings. The number of carbonyl (C=O) groups excluding carboxylic acids is 1. The molecule has 10 heteroatoms. The molecular formula is C23H26N8O2. The van der Waals surface area contributed by atoms with E-state index in [2.05, 4.69) is 47.4 Å². The third-order valence-electron chi connectivity index (χ3n) is 5.73. The van der Waals surface area contributed by atoms with Crippen LogP contribution in [0.1, 0.15) is 5.56 Å². The van der Waals surface area contributed by atoms with Gasteiger partial charge in [0.15, 0.2) is 5.82 Å². The molecule has 33 heavy (non-hydrogen) atoms. The van der Waals surface area contributed by atoms with Crippen molar-refractivity contribution in [2.24, 2.45) is 0 Å². The average molecular weight is 447 g/mol. The first kappa shape index (κ1) is 21.1. The molecule has 0 atom stereocenters. The maximum Gasteiger partial charge on any atom is 0.319 e. The van der Waals surface area contributed by atoms with Crippen molar-refractivity contribution in [3.8, 4) is 5.82 Å². The Balaban J connectivity index is 1.19. The molecule has 1 fully saturated rings. The lowest BCUT2D eigenvalue weighted by molar-refractivity contribution is 0.0365. The van der Waals surface area contributed by atoms with Gasteiger partial charge in [0.05, 0.1) is 13.2 Å². The molecule has 0 spiro atoms. The monoisotopic (exact) mass is 446 g/mol. The zero-order valence-corrected chi connectivity index (χ0v) is 18.2. The quantitative estimate of drug-likeness (QED) is 0.452. The summed E-state index contributed by atoms with van der Waals surface area (Å²) < 4.78 is 9.25. The molecule has 3 aromatic heterocycles. The van der Waals surface area contributed by atoms with Gasteiger partial charge in [-0.15, -0.1) is 0 Å². The van der Waals surface area contributed by atoms with Crippen LogP contribution in [0.3, 0.4) is 0 Å². The van der Waals surface area contributed by atoms with Crippen LogP contribution in [0.15, 0.2) is 61.4 Å². The van der Waals surface area contributed by atoms with Crippen molar-refractivity contribution in [1.82, 2.24) is 34.5 Å². The molecule has 0 bridgehead atoms. The van der Waals surface area contributed by atoms with Crippen LogP contribution in [0.2, 0.25) is 0 Å². The van der Waals surface area contributed by atoms with Crippen LogP contribution in [0, 0.1) is 0 Å². The predicted molar refractivity (Wildman–Crippen MR) is 124 cm³/mol. The Morgan fingerprint density at radius 2 is 2.03 bits per heavy atom. The van der Waals surface area contributed by atoms with Gasteiger partial charge in [-0.2, -0.15) is 5.10 Å². The zero-order valence-electron chi connectivity index (χ0n) is 18.2. The fraction of sp³-hybridized carbons (Fsp3) is 0.304. The van der Waals surface area contributed by atoms with E-state index >= 15 is 0 Å². The Labute approximate surface area is 191 Å². The number of morpholine rings is 1. The number of benzene rings is 1. The van der Waals surface area contributed by atoms with E-state index in [0.29, 0.717) is 12.4 Å². The largest absolute Gasteiger partial charge is 0.379 e. The molecule has 1 saturated heterocycles. The Bertz CT molecular complexity index is 1210. The van der Waals surface area contributed by atoms with Gasteiger partial charge in [-0.25, -0.2) is 19.4 Å². The Morgan fingerprint density at radius 1 is 1.12 bits per heavy atom. The van der Waals surface area contributed by atoms with Crippen LogP contribution in [0.5, 0.6) is 0 Å². The number of ether oxygens (including phenoxy) is 1. The SMILES string of the molecule is O=C(NCc1cccnc1-n1cncn1)Nc1ccc2c(ccn2CCN2CCOCC2)c1. The smallest absolute Gasteiger partial charge is 0.319 e. The van der Waals surface area contributed by atoms with Crippen molar-refractivity contribution >= 4 is 22.6 Å². The highest BCUT2D eigenvalue weighted by Gasteiger charge is 2.12. The molecule has 170 valence electrons. The molecular weight excluding hydrogens is 420 g/mol. The molecule has 0 saturated carbocycles. The first-order chi connectivity index (χ1) is 16.3. The highest BCUT2D eigenvalue weighted by Crippen LogP contribution is 2.21. The van der Waals surface area contributed by atoms with Gasteiger partial charge in [0.25, 0.3) is 0 Å². The number of carbonyl (C=O) groups is 1. The van der Waals surface area contributed by atoms with Gasteiger partial charge < -0.3 is 19.9 Å². The third-order valence-corrected chi connectivity index (χ3v) is 5.73. The molecule has 1 aliphatic rings. The van der Waals surface area contributed by atoms with Gasteiger partial charge in [-0.05, 0) is 30.3 Å². The number of pyridine rings is 1. The number of nitrogens with zero attached hydrogens (tertiary/aromatic N) is 6. The van der Waals surface area contributed by atoms with E-state index in [9.17, 15) is 4.79 Å². The van der Waals surface area contributed by atoms with Gasteiger partial charge in [-0.3, -0.25) is 4.90 Å². The third kappa shape index (κ3) is 5.02. The van der Waals surface area contributed by atoms with Crippen molar-refractivity contribution < 1.29 is 9.53 Å². The normalized spacial score (nSPS) is 14.4. The second-order valence-corrected chi connectivity index (χ2v) is 7.87. The first-order valence-corrected chi connectivity index (χ1v) is 11.0. The van der Waals surface area contributed by atoms with E-state index in [1.54, 1.807) is 17.2 Å². The fourth-order valence-corrected chi connectivity index (χ4v) is 3.99. The van der Waals surface area contributed by atoms with E-state index in [1.165, 1.54) is 6.33 Å². The number of hydrogen-bond donors (Lipinski definition) is 2. The Hall–Kier alpha value is -3.76. The summed E-state index contributed by atoms with van der Waals surface area (Å²) in [4.78, 5) is 23.2. The molecule has 5 rings (SSSR count). The van der Waals surface area contributed by atoms with Gasteiger partial charge in [0.1, 0.15) is 12.7 Å². The van der Waals surface area contributed by atoms with Crippen LogP contribution in [0.25, 0.3) is 16.7 Å². The van der Waals surface area contributed by atoms with Gasteiger partial charge in [0.2, 0.25) is 0 Å². The first-order valence-electron chi connectivity index (χ1n) is 11.0. The maximum absolute atomic E-state index is 12.5. The van der Waals surface area contributed by atoms with Crippen molar-refractivity contribution in [3.05, 3.63) is 67.0 Å². The lowest BCUT2D eigenvalue weighted by Gasteiger charge is -2.26. The second-order valence-electron chi connectivity index (χ2n) is 7.87. The van der Waals surface area contributed by atoms with E-state index in [0.717, 1.165) is 61.5 Å². The highest BCUT2D eigenvalue weighted by molar-refractivity contribution is 5.93. The number of urea groups is 1. The molecule has 2 N–H and O–H groups in total. The highest BCUT2D eigenvalue weighted by atomic mass is 16.5. The lowest BCUT2D eigenvalue weighted by Crippen LogP contribution is -2.38. The van der Waals surface area contributed by atoms with Crippen LogP contribution in [-0.2, 0) is 17.8 Å². The predicted octanol–water partition coefficient (Wildman–Crippen LogP) is 2.27. The molecule has 0 radical (unpaired) electrons. The number of fused-ring (bicyclic) bond motifs is 1.